The number of hydrogen-bond acceptors (Lipinski definition) is 7. The molecule has 0 aliphatic carbocycles. The van der Waals surface area contributed by atoms with Crippen molar-refractivity contribution >= 4 is 43.2 Å². The first kappa shape index (κ1) is 36.1. The number of benzene rings is 5. The largest absolute Gasteiger partial charge is 0.505 e. The molecule has 6 aromatic rings. The highest BCUT2D eigenvalue weighted by Crippen LogP contribution is 2.37. The topological polar surface area (TPSA) is 126 Å². The number of phenols is 1. The number of hydrogen-bond donors (Lipinski definition) is 2. The van der Waals surface area contributed by atoms with Crippen molar-refractivity contribution < 1.29 is 26.7 Å². The number of aromatic nitrogens is 1. The van der Waals surface area contributed by atoms with Crippen LogP contribution in [0.2, 0.25) is 10.0 Å². The third-order valence-corrected chi connectivity index (χ3v) is 11.6. The van der Waals surface area contributed by atoms with Crippen molar-refractivity contribution in [3.63, 3.8) is 0 Å². The molecule has 260 valence electrons. The molecule has 13 heteroatoms. The molecular weight excluding hydrogens is 729 g/mol. The van der Waals surface area contributed by atoms with Crippen LogP contribution in [-0.4, -0.2) is 31.2 Å². The fraction of sp³-hybridized carbons (Fsp3) is 0.0789. The molecule has 0 saturated carbocycles. The molecule has 0 spiro atoms. The maximum Gasteiger partial charge on any atom is 0.247 e. The molecule has 51 heavy (non-hydrogen) atoms. The molecule has 5 aromatic carbocycles. The SMILES string of the molecule is O=S(=O)(NCc1cccc(CN(Cc2ccc(-c3ccccc3)cc2)S(=O)(=O)c2cc(Cl)cc(Cl)c2O)c1)c1ccc(Oc2ccncc2)cc1. The summed E-state index contributed by atoms with van der Waals surface area (Å²) in [5.41, 5.74) is 3.88. The van der Waals surface area contributed by atoms with E-state index in [1.807, 2.05) is 54.6 Å². The van der Waals surface area contributed by atoms with Crippen molar-refractivity contribution in [1.29, 1.82) is 0 Å². The van der Waals surface area contributed by atoms with Crippen LogP contribution in [0.1, 0.15) is 16.7 Å². The van der Waals surface area contributed by atoms with Crippen LogP contribution in [0, 0.1) is 0 Å². The van der Waals surface area contributed by atoms with E-state index in [1.165, 1.54) is 22.5 Å². The van der Waals surface area contributed by atoms with Gasteiger partial charge in [-0.2, -0.15) is 4.31 Å². The minimum Gasteiger partial charge on any atom is -0.505 e. The van der Waals surface area contributed by atoms with Crippen molar-refractivity contribution in [2.75, 3.05) is 0 Å². The highest BCUT2D eigenvalue weighted by atomic mass is 35.5. The van der Waals surface area contributed by atoms with Crippen LogP contribution in [0.5, 0.6) is 17.2 Å². The molecule has 9 nitrogen and oxygen atoms in total. The summed E-state index contributed by atoms with van der Waals surface area (Å²) in [6, 6.07) is 36.0. The summed E-state index contributed by atoms with van der Waals surface area (Å²) >= 11 is 12.3. The maximum absolute atomic E-state index is 14.1. The quantitative estimate of drug-likeness (QED) is 0.121. The molecule has 0 amide bonds. The summed E-state index contributed by atoms with van der Waals surface area (Å²) in [7, 11) is -8.25. The third-order valence-electron chi connectivity index (χ3n) is 7.87. The summed E-state index contributed by atoms with van der Waals surface area (Å²) in [5, 5.41) is 10.6. The number of phenolic OH excluding ortho intramolecular Hbond substituents is 1. The van der Waals surface area contributed by atoms with Gasteiger partial charge >= 0.3 is 0 Å². The zero-order valence-corrected chi connectivity index (χ0v) is 30.0. The average molecular weight is 761 g/mol. The van der Waals surface area contributed by atoms with Crippen LogP contribution in [0.25, 0.3) is 11.1 Å². The monoisotopic (exact) mass is 759 g/mol. The Morgan fingerprint density at radius 2 is 1.29 bits per heavy atom. The Morgan fingerprint density at radius 3 is 2.00 bits per heavy atom. The second-order valence-electron chi connectivity index (χ2n) is 11.5. The van der Waals surface area contributed by atoms with E-state index in [0.717, 1.165) is 17.2 Å². The van der Waals surface area contributed by atoms with E-state index in [-0.39, 0.29) is 34.6 Å². The van der Waals surface area contributed by atoms with Gasteiger partial charge < -0.3 is 9.84 Å². The predicted molar refractivity (Wildman–Crippen MR) is 198 cm³/mol. The van der Waals surface area contributed by atoms with Crippen LogP contribution in [0.15, 0.2) is 150 Å². The summed E-state index contributed by atoms with van der Waals surface area (Å²) < 4.78 is 64.1. The van der Waals surface area contributed by atoms with Crippen molar-refractivity contribution in [1.82, 2.24) is 14.0 Å². The van der Waals surface area contributed by atoms with Crippen LogP contribution >= 0.6 is 23.2 Å². The van der Waals surface area contributed by atoms with Gasteiger partial charge in [-0.05, 0) is 76.3 Å². The molecule has 0 atom stereocenters. The fourth-order valence-electron chi connectivity index (χ4n) is 5.27. The van der Waals surface area contributed by atoms with Gasteiger partial charge in [-0.1, -0.05) is 102 Å². The van der Waals surface area contributed by atoms with Crippen LogP contribution in [-0.2, 0) is 39.7 Å². The van der Waals surface area contributed by atoms with E-state index >= 15 is 0 Å². The Bertz CT molecular complexity index is 2350. The molecule has 0 saturated heterocycles. The lowest BCUT2D eigenvalue weighted by Crippen LogP contribution is -2.30. The number of nitrogens with one attached hydrogen (secondary N) is 1. The lowest BCUT2D eigenvalue weighted by Gasteiger charge is -2.24. The molecular formula is C38H31Cl2N3O6S2. The highest BCUT2D eigenvalue weighted by Gasteiger charge is 2.30. The molecule has 0 fully saturated rings. The van der Waals surface area contributed by atoms with E-state index in [9.17, 15) is 21.9 Å². The number of halogens is 2. The summed E-state index contributed by atoms with van der Waals surface area (Å²) in [6.07, 6.45) is 3.18. The molecule has 0 radical (unpaired) electrons. The van der Waals surface area contributed by atoms with Gasteiger partial charge in [0.1, 0.15) is 16.4 Å². The first-order valence-electron chi connectivity index (χ1n) is 15.6. The van der Waals surface area contributed by atoms with Gasteiger partial charge in [0.05, 0.1) is 9.92 Å². The van der Waals surface area contributed by atoms with Crippen molar-refractivity contribution in [3.05, 3.63) is 167 Å². The molecule has 2 N–H and O–H groups in total. The summed E-state index contributed by atoms with van der Waals surface area (Å²) in [4.78, 5) is 3.57. The first-order valence-corrected chi connectivity index (χ1v) is 19.2. The van der Waals surface area contributed by atoms with Gasteiger partial charge in [0.15, 0.2) is 5.75 Å². The molecule has 0 bridgehead atoms. The summed E-state index contributed by atoms with van der Waals surface area (Å²) in [5.74, 6) is 0.428. The Kier molecular flexibility index (Phi) is 11.1. The smallest absolute Gasteiger partial charge is 0.247 e. The van der Waals surface area contributed by atoms with Gasteiger partial charge in [0.2, 0.25) is 20.0 Å². The first-order chi connectivity index (χ1) is 24.5. The standard InChI is InChI=1S/C38H31Cl2N3O6S2/c39-32-22-36(40)38(44)37(23-32)51(47,48)43(25-27-9-11-31(12-10-27)30-7-2-1-3-8-30)26-29-6-4-5-28(21-29)24-42-50(45,46)35-15-13-33(14-16-35)49-34-17-19-41-20-18-34/h1-23,42,44H,24-26H2. The second-order valence-corrected chi connectivity index (χ2v) is 16.0. The maximum atomic E-state index is 14.1. The van der Waals surface area contributed by atoms with Crippen LogP contribution in [0.4, 0.5) is 0 Å². The lowest BCUT2D eigenvalue weighted by atomic mass is 10.0. The normalized spacial score (nSPS) is 11.8. The molecule has 0 unspecified atom stereocenters. The van der Waals surface area contributed by atoms with E-state index in [4.69, 9.17) is 27.9 Å². The zero-order valence-electron chi connectivity index (χ0n) is 26.9. The third kappa shape index (κ3) is 8.95. The van der Waals surface area contributed by atoms with Gasteiger partial charge in [0, 0.05) is 37.1 Å². The fourth-order valence-corrected chi connectivity index (χ4v) is 8.45. The Morgan fingerprint density at radius 1 is 0.667 bits per heavy atom. The van der Waals surface area contributed by atoms with E-state index in [1.54, 1.807) is 60.9 Å². The minimum absolute atomic E-state index is 0.0430. The van der Waals surface area contributed by atoms with Crippen LogP contribution in [0.3, 0.4) is 0 Å². The van der Waals surface area contributed by atoms with Gasteiger partial charge in [0.25, 0.3) is 0 Å². The van der Waals surface area contributed by atoms with Gasteiger partial charge in [-0.25, -0.2) is 21.6 Å². The van der Waals surface area contributed by atoms with Crippen molar-refractivity contribution in [3.8, 4) is 28.4 Å². The number of pyridine rings is 1. The average Bonchev–Trinajstić information content (AvgIpc) is 3.13. The van der Waals surface area contributed by atoms with E-state index in [0.29, 0.717) is 28.2 Å². The van der Waals surface area contributed by atoms with Crippen molar-refractivity contribution in [2.45, 2.75) is 29.4 Å². The predicted octanol–water partition coefficient (Wildman–Crippen LogP) is 8.42. The van der Waals surface area contributed by atoms with E-state index < -0.39 is 30.7 Å². The number of rotatable bonds is 13. The van der Waals surface area contributed by atoms with E-state index in [2.05, 4.69) is 9.71 Å². The molecule has 6 rings (SSSR count). The Balaban J connectivity index is 1.21. The summed E-state index contributed by atoms with van der Waals surface area (Å²) in [6.45, 7) is -0.200. The Hall–Kier alpha value is -4.75. The van der Waals surface area contributed by atoms with Crippen LogP contribution < -0.4 is 9.46 Å². The van der Waals surface area contributed by atoms with Crippen molar-refractivity contribution in [2.24, 2.45) is 0 Å². The van der Waals surface area contributed by atoms with Gasteiger partial charge in [-0.3, -0.25) is 4.98 Å². The highest BCUT2D eigenvalue weighted by molar-refractivity contribution is 7.89. The number of nitrogens with zero attached hydrogens (tertiary/aromatic N) is 2. The number of sulfonamides is 2. The number of aromatic hydroxyl groups is 1. The zero-order chi connectivity index (χ0) is 36.0. The lowest BCUT2D eigenvalue weighted by molar-refractivity contribution is 0.394. The molecule has 1 heterocycles. The molecule has 0 aliphatic heterocycles. The minimum atomic E-state index is -4.35. The Labute approximate surface area is 306 Å². The number of ether oxygens (including phenoxy) is 1. The molecule has 0 aliphatic rings. The molecule has 1 aromatic heterocycles. The second kappa shape index (κ2) is 15.6. The van der Waals surface area contributed by atoms with Gasteiger partial charge in [-0.15, -0.1) is 0 Å².